The summed E-state index contributed by atoms with van der Waals surface area (Å²) >= 11 is 1.34. The second-order valence-corrected chi connectivity index (χ2v) is 10.1. The summed E-state index contributed by atoms with van der Waals surface area (Å²) in [6, 6.07) is 10.1. The first-order valence-corrected chi connectivity index (χ1v) is 12.7. The predicted molar refractivity (Wildman–Crippen MR) is 133 cm³/mol. The number of halogens is 3. The van der Waals surface area contributed by atoms with Crippen LogP contribution in [0.2, 0.25) is 0 Å². The van der Waals surface area contributed by atoms with E-state index in [2.05, 4.69) is 17.0 Å². The molecule has 2 unspecified atom stereocenters. The van der Waals surface area contributed by atoms with Gasteiger partial charge >= 0.3 is 11.9 Å². The maximum atomic E-state index is 13.9. The Balaban J connectivity index is 1.69. The van der Waals surface area contributed by atoms with Crippen molar-refractivity contribution in [3.05, 3.63) is 71.2 Å². The van der Waals surface area contributed by atoms with Gasteiger partial charge in [-0.2, -0.15) is 5.26 Å². The molecule has 2 N–H and O–H groups in total. The number of rotatable bonds is 7. The summed E-state index contributed by atoms with van der Waals surface area (Å²) in [5.41, 5.74) is 5.88. The smallest absolute Gasteiger partial charge is 0.303 e. The molecule has 1 saturated heterocycles. The Morgan fingerprint density at radius 3 is 2.51 bits per heavy atom. The molecule has 0 saturated carbocycles. The van der Waals surface area contributed by atoms with Gasteiger partial charge in [0.25, 0.3) is 0 Å². The van der Waals surface area contributed by atoms with E-state index in [0.717, 1.165) is 17.0 Å². The van der Waals surface area contributed by atoms with Crippen molar-refractivity contribution < 1.29 is 37.0 Å². The minimum Gasteiger partial charge on any atom is -0.463 e. The van der Waals surface area contributed by atoms with Crippen LogP contribution in [0.25, 0.3) is 5.70 Å². The average molecular weight is 563 g/mol. The number of carbonyl (C=O) groups excluding carboxylic acids is 2. The third-order valence-corrected chi connectivity index (χ3v) is 7.45. The van der Waals surface area contributed by atoms with Crippen LogP contribution in [0.3, 0.4) is 0 Å². The zero-order valence-electron chi connectivity index (χ0n) is 21.1. The lowest BCUT2D eigenvalue weighted by Gasteiger charge is -2.47. The van der Waals surface area contributed by atoms with Crippen molar-refractivity contribution >= 4 is 29.4 Å². The summed E-state index contributed by atoms with van der Waals surface area (Å²) in [6.07, 6.45) is -0.308. The molecule has 2 aromatic rings. The highest BCUT2D eigenvalue weighted by Gasteiger charge is 2.49. The predicted octanol–water partition coefficient (Wildman–Crippen LogP) is 3.62. The van der Waals surface area contributed by atoms with Crippen LogP contribution in [-0.4, -0.2) is 47.2 Å². The molecule has 39 heavy (non-hydrogen) atoms. The molecule has 5 atom stereocenters. The molecule has 4 rings (SSSR count). The number of esters is 2. The topological polar surface area (TPSA) is 113 Å². The van der Waals surface area contributed by atoms with Gasteiger partial charge in [-0.15, -0.1) is 5.53 Å². The second-order valence-electron chi connectivity index (χ2n) is 8.97. The van der Waals surface area contributed by atoms with Gasteiger partial charge in [0.15, 0.2) is 23.6 Å². The largest absolute Gasteiger partial charge is 0.463 e. The van der Waals surface area contributed by atoms with E-state index in [-0.39, 0.29) is 23.8 Å². The highest BCUT2D eigenvalue weighted by molar-refractivity contribution is 7.99. The van der Waals surface area contributed by atoms with Gasteiger partial charge in [0.05, 0.1) is 23.4 Å². The number of hydrazine groups is 2. The Morgan fingerprint density at radius 1 is 1.15 bits per heavy atom. The zero-order valence-corrected chi connectivity index (χ0v) is 21.9. The molecule has 1 fully saturated rings. The summed E-state index contributed by atoms with van der Waals surface area (Å²) in [7, 11) is 0. The number of hydrogen-bond acceptors (Lipinski definition) is 10. The van der Waals surface area contributed by atoms with Crippen LogP contribution in [0.5, 0.6) is 0 Å². The Labute approximate surface area is 226 Å². The monoisotopic (exact) mass is 562 g/mol. The van der Waals surface area contributed by atoms with E-state index in [1.807, 2.05) is 13.0 Å². The van der Waals surface area contributed by atoms with Crippen LogP contribution < -0.4 is 11.0 Å². The van der Waals surface area contributed by atoms with E-state index in [4.69, 9.17) is 14.2 Å². The quantitative estimate of drug-likeness (QED) is 0.383. The molecule has 0 aliphatic carbocycles. The number of nitrogens with zero attached hydrogens (tertiary/aromatic N) is 2. The first-order valence-electron chi connectivity index (χ1n) is 11.9. The molecule has 0 spiro atoms. The lowest BCUT2D eigenvalue weighted by molar-refractivity contribution is -0.197. The normalized spacial score (nSPS) is 24.4. The van der Waals surface area contributed by atoms with Crippen molar-refractivity contribution in [1.82, 2.24) is 16.0 Å². The van der Waals surface area contributed by atoms with Crippen molar-refractivity contribution in [3.8, 4) is 6.07 Å². The second kappa shape index (κ2) is 12.0. The van der Waals surface area contributed by atoms with Crippen LogP contribution in [-0.2, 0) is 23.8 Å². The van der Waals surface area contributed by atoms with Crippen molar-refractivity contribution in [2.75, 3.05) is 6.61 Å². The molecule has 206 valence electrons. The molecular formula is C26H25F3N4O5S. The van der Waals surface area contributed by atoms with Gasteiger partial charge in [-0.05, 0) is 30.3 Å². The number of benzene rings is 2. The maximum absolute atomic E-state index is 13.9. The van der Waals surface area contributed by atoms with Crippen molar-refractivity contribution in [2.24, 2.45) is 5.92 Å². The van der Waals surface area contributed by atoms with Crippen molar-refractivity contribution in [1.29, 1.82) is 5.26 Å². The van der Waals surface area contributed by atoms with Crippen LogP contribution in [0.4, 0.5) is 13.2 Å². The van der Waals surface area contributed by atoms with E-state index < -0.39 is 53.1 Å². The average Bonchev–Trinajstić information content (AvgIpc) is 3.37. The van der Waals surface area contributed by atoms with Crippen LogP contribution >= 0.6 is 11.8 Å². The highest BCUT2D eigenvalue weighted by Crippen LogP contribution is 2.40. The Morgan fingerprint density at radius 2 is 1.87 bits per heavy atom. The fourth-order valence-corrected chi connectivity index (χ4v) is 5.59. The molecule has 2 aliphatic heterocycles. The first-order chi connectivity index (χ1) is 18.6. The van der Waals surface area contributed by atoms with E-state index in [9.17, 15) is 28.0 Å². The highest BCUT2D eigenvalue weighted by atomic mass is 32.2. The van der Waals surface area contributed by atoms with Gasteiger partial charge in [-0.1, -0.05) is 24.8 Å². The number of thioether (sulfide) groups is 1. The Hall–Kier alpha value is -3.73. The van der Waals surface area contributed by atoms with Gasteiger partial charge in [0.2, 0.25) is 0 Å². The molecule has 9 nitrogen and oxygen atoms in total. The number of ether oxygens (including phenoxy) is 3. The van der Waals surface area contributed by atoms with Crippen molar-refractivity contribution in [3.63, 3.8) is 0 Å². The van der Waals surface area contributed by atoms with Crippen LogP contribution in [0, 0.1) is 34.7 Å². The summed E-state index contributed by atoms with van der Waals surface area (Å²) < 4.78 is 58.4. The minimum atomic E-state index is -1.58. The van der Waals surface area contributed by atoms with Gasteiger partial charge in [0, 0.05) is 36.4 Å². The maximum Gasteiger partial charge on any atom is 0.303 e. The first kappa shape index (κ1) is 28.3. The standard InChI is InChI=1S/C26H25F3N4O5S/c1-13-24(33-11-21(31-32-33)17-8-19(27)23(29)20(28)9-17)25(37-15(3)35)22(12-36-14(2)34)38-26(13)39-18-6-4-5-16(7-18)10-30/h4-9,11,13,22,24-26,31-32H,12H2,1-3H3/t13?,22?,24-,25+,26-/m1/s1. The van der Waals surface area contributed by atoms with Crippen LogP contribution in [0.1, 0.15) is 31.9 Å². The summed E-state index contributed by atoms with van der Waals surface area (Å²) in [4.78, 5) is 24.4. The molecule has 0 aromatic heterocycles. The molecule has 0 amide bonds. The third-order valence-electron chi connectivity index (χ3n) is 6.15. The molecule has 0 bridgehead atoms. The molecule has 13 heteroatoms. The van der Waals surface area contributed by atoms with Gasteiger partial charge in [0.1, 0.15) is 18.1 Å². The van der Waals surface area contributed by atoms with E-state index >= 15 is 0 Å². The molecule has 0 radical (unpaired) electrons. The van der Waals surface area contributed by atoms with E-state index in [1.165, 1.54) is 31.8 Å². The number of nitrogens with one attached hydrogen (secondary N) is 2. The van der Waals surface area contributed by atoms with E-state index in [0.29, 0.717) is 5.56 Å². The number of carbonyl (C=O) groups is 2. The van der Waals surface area contributed by atoms with E-state index in [1.54, 1.807) is 23.2 Å². The fourth-order valence-electron chi connectivity index (χ4n) is 4.39. The summed E-state index contributed by atoms with van der Waals surface area (Å²) in [6.45, 7) is 4.13. The van der Waals surface area contributed by atoms with Crippen LogP contribution in [0.15, 0.2) is 47.5 Å². The van der Waals surface area contributed by atoms with Gasteiger partial charge in [-0.25, -0.2) is 13.2 Å². The minimum absolute atomic E-state index is 0.0425. The lowest BCUT2D eigenvalue weighted by Crippen LogP contribution is -2.63. The SMILES string of the molecule is CC(=O)OCC1O[C@H](Sc2cccc(C#N)c2)C(C)[C@@H](N2C=C(c3cc(F)c(F)c(F)c3)NN2)[C@H]1OC(C)=O. The number of hydrogen-bond donors (Lipinski definition) is 2. The molecular weight excluding hydrogens is 537 g/mol. The lowest BCUT2D eigenvalue weighted by atomic mass is 9.90. The molecule has 2 aliphatic rings. The Kier molecular flexibility index (Phi) is 8.69. The van der Waals surface area contributed by atoms with Gasteiger partial charge in [-0.3, -0.25) is 14.6 Å². The molecule has 2 aromatic carbocycles. The summed E-state index contributed by atoms with van der Waals surface area (Å²) in [5.74, 6) is -5.79. The summed E-state index contributed by atoms with van der Waals surface area (Å²) in [5, 5.41) is 10.8. The fraction of sp³-hybridized carbons (Fsp3) is 0.346. The van der Waals surface area contributed by atoms with Gasteiger partial charge < -0.3 is 19.6 Å². The molecule has 2 heterocycles. The number of nitriles is 1. The third kappa shape index (κ3) is 6.47. The zero-order chi connectivity index (χ0) is 28.3. The Bertz CT molecular complexity index is 1310. The van der Waals surface area contributed by atoms with Crippen molar-refractivity contribution in [2.45, 2.75) is 49.4 Å².